The van der Waals surface area contributed by atoms with Crippen LogP contribution in [0.4, 0.5) is 9.18 Å². The summed E-state index contributed by atoms with van der Waals surface area (Å²) in [6.07, 6.45) is 5.36. The van der Waals surface area contributed by atoms with Gasteiger partial charge in [0.05, 0.1) is 18.9 Å². The standard InChI is InChI=1S/C21H31FN4O4/c1-21(2,3)30-20(28)25-9-6-15(7-10-25)11-18(27)26-8-4-5-17(14-26)29-19-23-12-16(22)13-24-19/h12-13,15,17H,4-11,14H2,1-3H3. The van der Waals surface area contributed by atoms with Crippen molar-refractivity contribution in [3.63, 3.8) is 0 Å². The Bertz CT molecular complexity index is 730. The van der Waals surface area contributed by atoms with Crippen LogP contribution in [0.3, 0.4) is 0 Å². The van der Waals surface area contributed by atoms with E-state index in [0.717, 1.165) is 38.1 Å². The molecule has 166 valence electrons. The second-order valence-corrected chi connectivity index (χ2v) is 9.02. The van der Waals surface area contributed by atoms with Gasteiger partial charge in [0.25, 0.3) is 0 Å². The molecule has 1 aromatic heterocycles. The Morgan fingerprint density at radius 2 is 1.77 bits per heavy atom. The van der Waals surface area contributed by atoms with Crippen LogP contribution in [0.2, 0.25) is 0 Å². The highest BCUT2D eigenvalue weighted by molar-refractivity contribution is 5.76. The van der Waals surface area contributed by atoms with Crippen molar-refractivity contribution >= 4 is 12.0 Å². The molecule has 1 unspecified atom stereocenters. The van der Waals surface area contributed by atoms with E-state index in [1.54, 1.807) is 4.90 Å². The van der Waals surface area contributed by atoms with Crippen molar-refractivity contribution in [2.24, 2.45) is 5.92 Å². The lowest BCUT2D eigenvalue weighted by atomic mass is 9.92. The SMILES string of the molecule is CC(C)(C)OC(=O)N1CCC(CC(=O)N2CCCC(Oc3ncc(F)cn3)C2)CC1. The van der Waals surface area contributed by atoms with Crippen LogP contribution < -0.4 is 4.74 Å². The lowest BCUT2D eigenvalue weighted by Gasteiger charge is -2.35. The first kappa shape index (κ1) is 22.2. The van der Waals surface area contributed by atoms with Crippen molar-refractivity contribution in [1.29, 1.82) is 0 Å². The van der Waals surface area contributed by atoms with Crippen LogP contribution in [0.5, 0.6) is 6.01 Å². The van der Waals surface area contributed by atoms with E-state index >= 15 is 0 Å². The van der Waals surface area contributed by atoms with Crippen LogP contribution in [-0.2, 0) is 9.53 Å². The van der Waals surface area contributed by atoms with Crippen molar-refractivity contribution in [2.75, 3.05) is 26.2 Å². The second kappa shape index (κ2) is 9.57. The lowest BCUT2D eigenvalue weighted by molar-refractivity contribution is -0.135. The van der Waals surface area contributed by atoms with Gasteiger partial charge in [-0.25, -0.2) is 19.2 Å². The summed E-state index contributed by atoms with van der Waals surface area (Å²) >= 11 is 0. The largest absolute Gasteiger partial charge is 0.458 e. The van der Waals surface area contributed by atoms with E-state index in [2.05, 4.69) is 9.97 Å². The number of likely N-dealkylation sites (tertiary alicyclic amines) is 2. The number of hydrogen-bond acceptors (Lipinski definition) is 6. The minimum absolute atomic E-state index is 0.110. The zero-order chi connectivity index (χ0) is 21.7. The van der Waals surface area contributed by atoms with Crippen LogP contribution in [0.1, 0.15) is 52.9 Å². The molecular formula is C21H31FN4O4. The maximum atomic E-state index is 12.9. The molecule has 1 aromatic rings. The molecule has 2 aliphatic heterocycles. The molecule has 0 aromatic carbocycles. The monoisotopic (exact) mass is 422 g/mol. The van der Waals surface area contributed by atoms with Crippen molar-refractivity contribution in [2.45, 2.75) is 64.6 Å². The summed E-state index contributed by atoms with van der Waals surface area (Å²) in [5, 5.41) is 0. The van der Waals surface area contributed by atoms with E-state index in [9.17, 15) is 14.0 Å². The fourth-order valence-corrected chi connectivity index (χ4v) is 3.79. The molecule has 3 rings (SSSR count). The van der Waals surface area contributed by atoms with E-state index < -0.39 is 11.4 Å². The van der Waals surface area contributed by atoms with Gasteiger partial charge in [-0.1, -0.05) is 0 Å². The second-order valence-electron chi connectivity index (χ2n) is 9.02. The molecule has 9 heteroatoms. The first-order chi connectivity index (χ1) is 14.2. The van der Waals surface area contributed by atoms with Gasteiger partial charge < -0.3 is 19.3 Å². The van der Waals surface area contributed by atoms with Gasteiger partial charge >= 0.3 is 12.1 Å². The van der Waals surface area contributed by atoms with Gasteiger partial charge in [-0.3, -0.25) is 4.79 Å². The first-order valence-corrected chi connectivity index (χ1v) is 10.6. The molecule has 0 spiro atoms. The van der Waals surface area contributed by atoms with Crippen LogP contribution >= 0.6 is 0 Å². The predicted octanol–water partition coefficient (Wildman–Crippen LogP) is 3.02. The number of hydrogen-bond donors (Lipinski definition) is 0. The number of amides is 2. The predicted molar refractivity (Wildman–Crippen MR) is 107 cm³/mol. The molecule has 3 heterocycles. The number of rotatable bonds is 4. The summed E-state index contributed by atoms with van der Waals surface area (Å²) in [4.78, 5) is 36.2. The van der Waals surface area contributed by atoms with Gasteiger partial charge in [-0.05, 0) is 52.4 Å². The van der Waals surface area contributed by atoms with Crippen LogP contribution in [0.25, 0.3) is 0 Å². The summed E-state index contributed by atoms with van der Waals surface area (Å²) in [7, 11) is 0. The Kier molecular flexibility index (Phi) is 7.10. The minimum Gasteiger partial charge on any atom is -0.458 e. The summed E-state index contributed by atoms with van der Waals surface area (Å²) < 4.78 is 24.1. The Balaban J connectivity index is 1.43. The molecule has 2 saturated heterocycles. The number of halogens is 1. The summed E-state index contributed by atoms with van der Waals surface area (Å²) in [5.74, 6) is -0.141. The Labute approximate surface area is 176 Å². The van der Waals surface area contributed by atoms with E-state index in [1.165, 1.54) is 0 Å². The zero-order valence-electron chi connectivity index (χ0n) is 18.0. The average molecular weight is 423 g/mol. The van der Waals surface area contributed by atoms with Gasteiger partial charge in [0, 0.05) is 26.1 Å². The fourth-order valence-electron chi connectivity index (χ4n) is 3.79. The van der Waals surface area contributed by atoms with E-state index in [0.29, 0.717) is 32.6 Å². The highest BCUT2D eigenvalue weighted by Gasteiger charge is 2.30. The Hall–Kier alpha value is -2.45. The van der Waals surface area contributed by atoms with E-state index in [4.69, 9.17) is 9.47 Å². The molecule has 0 aliphatic carbocycles. The minimum atomic E-state index is -0.513. The number of carbonyl (C=O) groups excluding carboxylic acids is 2. The summed E-state index contributed by atoms with van der Waals surface area (Å²) in [6, 6.07) is 0.130. The first-order valence-electron chi connectivity index (χ1n) is 10.6. The van der Waals surface area contributed by atoms with Gasteiger partial charge in [-0.2, -0.15) is 0 Å². The number of nitrogens with zero attached hydrogens (tertiary/aromatic N) is 4. The average Bonchev–Trinajstić information content (AvgIpc) is 2.69. The van der Waals surface area contributed by atoms with Crippen molar-refractivity contribution < 1.29 is 23.5 Å². The molecular weight excluding hydrogens is 391 g/mol. The quantitative estimate of drug-likeness (QED) is 0.742. The van der Waals surface area contributed by atoms with Crippen LogP contribution in [0.15, 0.2) is 12.4 Å². The smallest absolute Gasteiger partial charge is 0.410 e. The maximum Gasteiger partial charge on any atom is 0.410 e. The van der Waals surface area contributed by atoms with Crippen LogP contribution in [-0.4, -0.2) is 69.7 Å². The molecule has 8 nitrogen and oxygen atoms in total. The maximum absolute atomic E-state index is 12.9. The number of piperidine rings is 2. The Morgan fingerprint density at radius 3 is 2.40 bits per heavy atom. The molecule has 2 fully saturated rings. The molecule has 1 atom stereocenters. The van der Waals surface area contributed by atoms with Gasteiger partial charge in [0.2, 0.25) is 5.91 Å². The molecule has 0 radical (unpaired) electrons. The number of carbonyl (C=O) groups is 2. The summed E-state index contributed by atoms with van der Waals surface area (Å²) in [5.41, 5.74) is -0.504. The van der Waals surface area contributed by atoms with Crippen molar-refractivity contribution in [3.05, 3.63) is 18.2 Å². The van der Waals surface area contributed by atoms with Gasteiger partial charge in [0.1, 0.15) is 11.7 Å². The molecule has 0 saturated carbocycles. The normalized spacial score (nSPS) is 20.7. The van der Waals surface area contributed by atoms with Crippen molar-refractivity contribution in [1.82, 2.24) is 19.8 Å². The van der Waals surface area contributed by atoms with E-state index in [-0.39, 0.29) is 30.0 Å². The van der Waals surface area contributed by atoms with Gasteiger partial charge in [-0.15, -0.1) is 0 Å². The molecule has 0 N–H and O–H groups in total. The highest BCUT2D eigenvalue weighted by Crippen LogP contribution is 2.24. The molecule has 2 amide bonds. The van der Waals surface area contributed by atoms with Gasteiger partial charge in [0.15, 0.2) is 5.82 Å². The molecule has 30 heavy (non-hydrogen) atoms. The summed E-state index contributed by atoms with van der Waals surface area (Å²) in [6.45, 7) is 7.98. The molecule has 2 aliphatic rings. The van der Waals surface area contributed by atoms with Crippen LogP contribution in [0, 0.1) is 11.7 Å². The number of ether oxygens (including phenoxy) is 2. The third-order valence-electron chi connectivity index (χ3n) is 5.33. The zero-order valence-corrected chi connectivity index (χ0v) is 18.0. The highest BCUT2D eigenvalue weighted by atomic mass is 19.1. The number of aromatic nitrogens is 2. The lowest BCUT2D eigenvalue weighted by Crippen LogP contribution is -2.46. The van der Waals surface area contributed by atoms with E-state index in [1.807, 2.05) is 25.7 Å². The third-order valence-corrected chi connectivity index (χ3v) is 5.33. The third kappa shape index (κ3) is 6.53. The molecule has 0 bridgehead atoms. The Morgan fingerprint density at radius 1 is 1.10 bits per heavy atom. The topological polar surface area (TPSA) is 84.9 Å². The van der Waals surface area contributed by atoms with Crippen molar-refractivity contribution in [3.8, 4) is 6.01 Å². The fraction of sp³-hybridized carbons (Fsp3) is 0.714.